The van der Waals surface area contributed by atoms with Crippen LogP contribution in [0.5, 0.6) is 0 Å². The first-order valence-corrected chi connectivity index (χ1v) is 6.99. The number of amides is 1. The Hall–Kier alpha value is -1.40. The van der Waals surface area contributed by atoms with Crippen molar-refractivity contribution in [2.75, 3.05) is 42.9 Å². The zero-order valence-corrected chi connectivity index (χ0v) is 11.4. The van der Waals surface area contributed by atoms with E-state index in [1.165, 1.54) is 4.90 Å². The number of hydrogen-bond acceptors (Lipinski definition) is 4. The fourth-order valence-corrected chi connectivity index (χ4v) is 2.29. The van der Waals surface area contributed by atoms with Crippen LogP contribution in [-0.4, -0.2) is 42.4 Å². The molecular weight excluding hydrogens is 252 g/mol. The van der Waals surface area contributed by atoms with Crippen LogP contribution >= 0.6 is 0 Å². The van der Waals surface area contributed by atoms with Crippen LogP contribution < -0.4 is 10.6 Å². The van der Waals surface area contributed by atoms with Crippen molar-refractivity contribution in [2.45, 2.75) is 0 Å². The van der Waals surface area contributed by atoms with Crippen molar-refractivity contribution >= 4 is 28.1 Å². The van der Waals surface area contributed by atoms with Crippen LogP contribution in [0.4, 0.5) is 11.4 Å². The van der Waals surface area contributed by atoms with Gasteiger partial charge in [-0.15, -0.1) is 0 Å². The van der Waals surface area contributed by atoms with Crippen LogP contribution in [-0.2, 0) is 20.3 Å². The highest BCUT2D eigenvalue weighted by Gasteiger charge is 2.14. The molecule has 1 atom stereocenters. The van der Waals surface area contributed by atoms with Crippen molar-refractivity contribution in [2.24, 2.45) is 0 Å². The smallest absolute Gasteiger partial charge is 0.239 e. The summed E-state index contributed by atoms with van der Waals surface area (Å²) < 4.78 is 16.4. The molecule has 1 rings (SSSR count). The summed E-state index contributed by atoms with van der Waals surface area (Å²) >= 11 is 0. The van der Waals surface area contributed by atoms with Crippen LogP contribution in [0.25, 0.3) is 0 Å². The maximum atomic E-state index is 11.9. The summed E-state index contributed by atoms with van der Waals surface area (Å²) in [6.07, 6.45) is 0. The fourth-order valence-electron chi connectivity index (χ4n) is 1.32. The number of nitrogens with zero attached hydrogens (tertiary/aromatic N) is 1. The van der Waals surface area contributed by atoms with E-state index in [-0.39, 0.29) is 11.7 Å². The second kappa shape index (κ2) is 7.13. The Morgan fingerprint density at radius 2 is 2.00 bits per heavy atom. The highest BCUT2D eigenvalue weighted by molar-refractivity contribution is 7.85. The topological polar surface area (TPSA) is 72.6 Å². The predicted molar refractivity (Wildman–Crippen MR) is 74.0 cm³/mol. The van der Waals surface area contributed by atoms with Gasteiger partial charge in [0.15, 0.2) is 0 Å². The van der Waals surface area contributed by atoms with Crippen molar-refractivity contribution in [3.05, 3.63) is 24.3 Å². The van der Waals surface area contributed by atoms with Crippen LogP contribution in [0.2, 0.25) is 0 Å². The summed E-state index contributed by atoms with van der Waals surface area (Å²) in [4.78, 5) is 13.3. The van der Waals surface area contributed by atoms with Gasteiger partial charge >= 0.3 is 0 Å². The lowest BCUT2D eigenvalue weighted by Gasteiger charge is -2.17. The average molecular weight is 270 g/mol. The van der Waals surface area contributed by atoms with E-state index < -0.39 is 10.8 Å². The molecule has 0 saturated heterocycles. The lowest BCUT2D eigenvalue weighted by molar-refractivity contribution is -0.115. The van der Waals surface area contributed by atoms with E-state index in [0.29, 0.717) is 18.0 Å². The van der Waals surface area contributed by atoms with Crippen molar-refractivity contribution in [1.82, 2.24) is 0 Å². The molecule has 5 nitrogen and oxygen atoms in total. The van der Waals surface area contributed by atoms with E-state index >= 15 is 0 Å². The van der Waals surface area contributed by atoms with E-state index in [1.807, 2.05) is 0 Å². The molecule has 0 spiro atoms. The summed E-state index contributed by atoms with van der Waals surface area (Å²) in [5.74, 6) is 0.191. The maximum absolute atomic E-state index is 11.9. The first kappa shape index (κ1) is 14.7. The van der Waals surface area contributed by atoms with Gasteiger partial charge in [0.25, 0.3) is 0 Å². The molecule has 0 aliphatic heterocycles. The van der Waals surface area contributed by atoms with Crippen molar-refractivity contribution < 1.29 is 13.7 Å². The minimum absolute atomic E-state index is 0.00420. The third kappa shape index (κ3) is 4.46. The van der Waals surface area contributed by atoms with E-state index in [9.17, 15) is 9.00 Å². The van der Waals surface area contributed by atoms with Gasteiger partial charge in [0, 0.05) is 42.1 Å². The number of benzene rings is 1. The Morgan fingerprint density at radius 1 is 1.39 bits per heavy atom. The summed E-state index contributed by atoms with van der Waals surface area (Å²) in [5, 5.41) is 0. The van der Waals surface area contributed by atoms with Gasteiger partial charge in [0.05, 0.1) is 6.61 Å². The Kier molecular flexibility index (Phi) is 5.80. The molecule has 0 saturated carbocycles. The highest BCUT2D eigenvalue weighted by Crippen LogP contribution is 2.14. The zero-order valence-electron chi connectivity index (χ0n) is 10.6. The quantitative estimate of drug-likeness (QED) is 0.769. The highest BCUT2D eigenvalue weighted by atomic mass is 32.2. The second-order valence-electron chi connectivity index (χ2n) is 3.83. The standard InChI is InChI=1S/C12H18N2O3S/c1-14(11-5-3-10(13)4-6-11)12(15)9-18(16)8-7-17-2/h3-6H,7-9,13H2,1-2H3. The molecule has 0 radical (unpaired) electrons. The predicted octanol–water partition coefficient (Wildman–Crippen LogP) is 0.627. The van der Waals surface area contributed by atoms with Gasteiger partial charge in [-0.25, -0.2) is 0 Å². The van der Waals surface area contributed by atoms with Crippen LogP contribution in [0.3, 0.4) is 0 Å². The summed E-state index contributed by atoms with van der Waals surface area (Å²) in [6, 6.07) is 6.96. The molecule has 0 fully saturated rings. The molecule has 0 aliphatic carbocycles. The van der Waals surface area contributed by atoms with Crippen molar-refractivity contribution in [3.63, 3.8) is 0 Å². The number of carbonyl (C=O) groups excluding carboxylic acids is 1. The number of rotatable bonds is 6. The normalized spacial score (nSPS) is 12.1. The Balaban J connectivity index is 2.56. The minimum atomic E-state index is -1.19. The summed E-state index contributed by atoms with van der Waals surface area (Å²) in [6.45, 7) is 0.394. The SMILES string of the molecule is COCCS(=O)CC(=O)N(C)c1ccc(N)cc1. The fraction of sp³-hybridized carbons (Fsp3) is 0.417. The molecule has 1 aromatic rings. The van der Waals surface area contributed by atoms with Gasteiger partial charge < -0.3 is 15.4 Å². The van der Waals surface area contributed by atoms with Gasteiger partial charge in [-0.2, -0.15) is 0 Å². The molecule has 0 bridgehead atoms. The first-order valence-electron chi connectivity index (χ1n) is 5.50. The maximum Gasteiger partial charge on any atom is 0.239 e. The molecular formula is C12H18N2O3S. The van der Waals surface area contributed by atoms with Gasteiger partial charge in [-0.3, -0.25) is 9.00 Å². The number of hydrogen-bond donors (Lipinski definition) is 1. The average Bonchev–Trinajstić information content (AvgIpc) is 2.36. The Morgan fingerprint density at radius 3 is 2.56 bits per heavy atom. The van der Waals surface area contributed by atoms with E-state index in [4.69, 9.17) is 10.5 Å². The Bertz CT molecular complexity index is 420. The molecule has 1 aromatic carbocycles. The van der Waals surface area contributed by atoms with E-state index in [0.717, 1.165) is 5.69 Å². The van der Waals surface area contributed by atoms with Crippen LogP contribution in [0.1, 0.15) is 0 Å². The Labute approximate surface area is 109 Å². The van der Waals surface area contributed by atoms with Gasteiger partial charge in [0.1, 0.15) is 5.75 Å². The number of nitrogens with two attached hydrogens (primary N) is 1. The monoisotopic (exact) mass is 270 g/mol. The van der Waals surface area contributed by atoms with Gasteiger partial charge in [-0.1, -0.05) is 0 Å². The largest absolute Gasteiger partial charge is 0.399 e. The third-order valence-electron chi connectivity index (χ3n) is 2.45. The second-order valence-corrected chi connectivity index (χ2v) is 5.40. The summed E-state index contributed by atoms with van der Waals surface area (Å²) in [5.41, 5.74) is 6.95. The first-order chi connectivity index (χ1) is 8.54. The molecule has 2 N–H and O–H groups in total. The number of ether oxygens (including phenoxy) is 1. The lowest BCUT2D eigenvalue weighted by Crippen LogP contribution is -2.31. The number of carbonyl (C=O) groups is 1. The lowest BCUT2D eigenvalue weighted by atomic mass is 10.2. The van der Waals surface area contributed by atoms with E-state index in [2.05, 4.69) is 0 Å². The molecule has 1 amide bonds. The van der Waals surface area contributed by atoms with Gasteiger partial charge in [-0.05, 0) is 24.3 Å². The van der Waals surface area contributed by atoms with Crippen molar-refractivity contribution in [3.8, 4) is 0 Å². The molecule has 0 aromatic heterocycles. The third-order valence-corrected chi connectivity index (χ3v) is 3.65. The number of anilines is 2. The van der Waals surface area contributed by atoms with Crippen molar-refractivity contribution in [1.29, 1.82) is 0 Å². The minimum Gasteiger partial charge on any atom is -0.399 e. The molecule has 0 aliphatic rings. The molecule has 100 valence electrons. The molecule has 18 heavy (non-hydrogen) atoms. The molecule has 1 unspecified atom stereocenters. The number of methoxy groups -OCH3 is 1. The van der Waals surface area contributed by atoms with E-state index in [1.54, 1.807) is 38.4 Å². The van der Waals surface area contributed by atoms with Crippen LogP contribution in [0.15, 0.2) is 24.3 Å². The molecule has 6 heteroatoms. The molecule has 0 heterocycles. The zero-order chi connectivity index (χ0) is 13.5. The van der Waals surface area contributed by atoms with Crippen LogP contribution in [0, 0.1) is 0 Å². The summed E-state index contributed by atoms with van der Waals surface area (Å²) in [7, 11) is 2.01. The number of nitrogen functional groups attached to an aromatic ring is 1. The van der Waals surface area contributed by atoms with Gasteiger partial charge in [0.2, 0.25) is 5.91 Å².